The number of carbonyl (C=O) groups is 1. The topological polar surface area (TPSA) is 90.0 Å². The second-order valence-corrected chi connectivity index (χ2v) is 8.76. The molecule has 2 aromatic carbocycles. The molecule has 0 aromatic heterocycles. The predicted molar refractivity (Wildman–Crippen MR) is 106 cm³/mol. The van der Waals surface area contributed by atoms with Crippen LogP contribution in [0.3, 0.4) is 0 Å². The van der Waals surface area contributed by atoms with E-state index >= 15 is 0 Å². The molecule has 2 N–H and O–H groups in total. The van der Waals surface area contributed by atoms with Crippen molar-refractivity contribution in [2.45, 2.75) is 18.0 Å². The predicted octanol–water partition coefficient (Wildman–Crippen LogP) is 1.04. The molecule has 0 spiro atoms. The van der Waals surface area contributed by atoms with Crippen LogP contribution in [-0.4, -0.2) is 61.9 Å². The number of carbonyl (C=O) groups excluding carboxylic acids is 1. The third-order valence-corrected chi connectivity index (χ3v) is 6.86. The summed E-state index contributed by atoms with van der Waals surface area (Å²) in [5.74, 6) is -0.318. The van der Waals surface area contributed by atoms with Crippen molar-refractivity contribution in [2.24, 2.45) is 0 Å². The fourth-order valence-corrected chi connectivity index (χ4v) is 4.80. The lowest BCUT2D eigenvalue weighted by molar-refractivity contribution is 0.0950. The molecule has 150 valence electrons. The van der Waals surface area contributed by atoms with Gasteiger partial charge < -0.3 is 15.3 Å². The quantitative estimate of drug-likeness (QED) is 0.752. The van der Waals surface area contributed by atoms with Crippen LogP contribution < -0.4 is 5.32 Å². The lowest BCUT2D eigenvalue weighted by atomic mass is 10.1. The Morgan fingerprint density at radius 2 is 1.79 bits per heavy atom. The number of nitrogens with one attached hydrogen (secondary N) is 1. The summed E-state index contributed by atoms with van der Waals surface area (Å²) in [5.41, 5.74) is 1.62. The highest BCUT2D eigenvalue weighted by molar-refractivity contribution is 7.89. The number of likely N-dealkylation sites (N-methyl/N-ethyl adjacent to an activating group) is 1. The smallest absolute Gasteiger partial charge is 0.251 e. The van der Waals surface area contributed by atoms with Gasteiger partial charge in [0, 0.05) is 38.3 Å². The molecule has 7 nitrogen and oxygen atoms in total. The van der Waals surface area contributed by atoms with Crippen LogP contribution in [0.25, 0.3) is 0 Å². The molecule has 1 amide bonds. The molecule has 0 radical (unpaired) electrons. The number of aliphatic hydroxyl groups excluding tert-OH is 1. The molecule has 0 aliphatic carbocycles. The number of piperazine rings is 1. The number of nitrogens with zero attached hydrogens (tertiary/aromatic N) is 2. The minimum atomic E-state index is -3.62. The van der Waals surface area contributed by atoms with E-state index < -0.39 is 10.0 Å². The molecule has 1 aliphatic rings. The van der Waals surface area contributed by atoms with Crippen molar-refractivity contribution in [3.05, 3.63) is 65.2 Å². The Morgan fingerprint density at radius 3 is 2.50 bits per heavy atom. The zero-order valence-corrected chi connectivity index (χ0v) is 16.7. The summed E-state index contributed by atoms with van der Waals surface area (Å²) >= 11 is 0. The molecular formula is C20H25N3O4S. The SMILES string of the molecule is CN1CCN(S(=O)(=O)c2ccccc2CNC(=O)c2cccc(CO)c2)CC1. The zero-order chi connectivity index (χ0) is 20.1. The van der Waals surface area contributed by atoms with Crippen LogP contribution in [-0.2, 0) is 23.2 Å². The lowest BCUT2D eigenvalue weighted by Gasteiger charge is -2.32. The number of rotatable bonds is 6. The number of amides is 1. The Balaban J connectivity index is 1.76. The van der Waals surface area contributed by atoms with E-state index in [-0.39, 0.29) is 24.0 Å². The van der Waals surface area contributed by atoms with Gasteiger partial charge in [-0.15, -0.1) is 0 Å². The fourth-order valence-electron chi connectivity index (χ4n) is 3.16. The molecule has 1 fully saturated rings. The van der Waals surface area contributed by atoms with Crippen LogP contribution in [0.2, 0.25) is 0 Å². The highest BCUT2D eigenvalue weighted by Gasteiger charge is 2.29. The van der Waals surface area contributed by atoms with Gasteiger partial charge in [0.05, 0.1) is 11.5 Å². The maximum absolute atomic E-state index is 13.1. The van der Waals surface area contributed by atoms with Gasteiger partial charge in [0.1, 0.15) is 0 Å². The van der Waals surface area contributed by atoms with Gasteiger partial charge in [-0.2, -0.15) is 4.31 Å². The molecular weight excluding hydrogens is 378 g/mol. The van der Waals surface area contributed by atoms with Crippen molar-refractivity contribution in [1.82, 2.24) is 14.5 Å². The van der Waals surface area contributed by atoms with E-state index in [4.69, 9.17) is 0 Å². The van der Waals surface area contributed by atoms with E-state index in [0.717, 1.165) is 0 Å². The van der Waals surface area contributed by atoms with E-state index in [9.17, 15) is 18.3 Å². The number of aliphatic hydroxyl groups is 1. The summed E-state index contributed by atoms with van der Waals surface area (Å²) in [6.45, 7) is 2.25. The number of hydrogen-bond acceptors (Lipinski definition) is 5. The molecule has 0 bridgehead atoms. The van der Waals surface area contributed by atoms with E-state index in [1.54, 1.807) is 48.5 Å². The summed E-state index contributed by atoms with van der Waals surface area (Å²) < 4.78 is 27.7. The van der Waals surface area contributed by atoms with Crippen LogP contribution in [0.1, 0.15) is 21.5 Å². The second-order valence-electron chi connectivity index (χ2n) is 6.86. The number of sulfonamides is 1. The summed E-state index contributed by atoms with van der Waals surface area (Å²) in [7, 11) is -1.65. The van der Waals surface area contributed by atoms with Crippen LogP contribution in [0.15, 0.2) is 53.4 Å². The Bertz CT molecular complexity index is 938. The Labute approximate surface area is 165 Å². The van der Waals surface area contributed by atoms with Crippen molar-refractivity contribution >= 4 is 15.9 Å². The molecule has 8 heteroatoms. The van der Waals surface area contributed by atoms with Crippen molar-refractivity contribution in [2.75, 3.05) is 33.2 Å². The van der Waals surface area contributed by atoms with Crippen LogP contribution >= 0.6 is 0 Å². The largest absolute Gasteiger partial charge is 0.392 e. The lowest BCUT2D eigenvalue weighted by Crippen LogP contribution is -2.47. The summed E-state index contributed by atoms with van der Waals surface area (Å²) in [6.07, 6.45) is 0. The first-order valence-electron chi connectivity index (χ1n) is 9.16. The van der Waals surface area contributed by atoms with Gasteiger partial charge in [-0.25, -0.2) is 8.42 Å². The van der Waals surface area contributed by atoms with Crippen LogP contribution in [0.5, 0.6) is 0 Å². The molecule has 1 saturated heterocycles. The first-order chi connectivity index (χ1) is 13.4. The van der Waals surface area contributed by atoms with Gasteiger partial charge >= 0.3 is 0 Å². The van der Waals surface area contributed by atoms with Crippen molar-refractivity contribution < 1.29 is 18.3 Å². The molecule has 3 rings (SSSR count). The van der Waals surface area contributed by atoms with Gasteiger partial charge in [-0.05, 0) is 36.4 Å². The monoisotopic (exact) mass is 403 g/mol. The summed E-state index contributed by atoms with van der Waals surface area (Å²) in [4.78, 5) is 14.7. The van der Waals surface area contributed by atoms with E-state index in [0.29, 0.717) is 42.9 Å². The first kappa shape index (κ1) is 20.5. The average Bonchev–Trinajstić information content (AvgIpc) is 2.72. The van der Waals surface area contributed by atoms with E-state index in [1.165, 1.54) is 4.31 Å². The molecule has 2 aromatic rings. The molecule has 0 atom stereocenters. The highest BCUT2D eigenvalue weighted by atomic mass is 32.2. The average molecular weight is 404 g/mol. The first-order valence-corrected chi connectivity index (χ1v) is 10.6. The molecule has 28 heavy (non-hydrogen) atoms. The summed E-state index contributed by atoms with van der Waals surface area (Å²) in [5, 5.41) is 12.0. The van der Waals surface area contributed by atoms with Gasteiger partial charge in [0.15, 0.2) is 0 Å². The third-order valence-electron chi connectivity index (χ3n) is 4.86. The van der Waals surface area contributed by atoms with Crippen molar-refractivity contribution in [3.8, 4) is 0 Å². The summed E-state index contributed by atoms with van der Waals surface area (Å²) in [6, 6.07) is 13.5. The standard InChI is InChI=1S/C20H25N3O4S/c1-22-9-11-23(12-10-22)28(26,27)19-8-3-2-6-18(19)14-21-20(25)17-7-4-5-16(13-17)15-24/h2-8,13,24H,9-12,14-15H2,1H3,(H,21,25). The van der Waals surface area contributed by atoms with Crippen molar-refractivity contribution in [3.63, 3.8) is 0 Å². The van der Waals surface area contributed by atoms with Gasteiger partial charge in [0.25, 0.3) is 5.91 Å². The Morgan fingerprint density at radius 1 is 1.07 bits per heavy atom. The Hall–Kier alpha value is -2.26. The van der Waals surface area contributed by atoms with Crippen LogP contribution in [0, 0.1) is 0 Å². The Kier molecular flexibility index (Phi) is 6.46. The molecule has 0 unspecified atom stereocenters. The van der Waals surface area contributed by atoms with Gasteiger partial charge in [0.2, 0.25) is 10.0 Å². The fraction of sp³-hybridized carbons (Fsp3) is 0.350. The molecule has 0 saturated carbocycles. The third kappa shape index (κ3) is 4.59. The maximum atomic E-state index is 13.1. The normalized spacial score (nSPS) is 16.1. The minimum Gasteiger partial charge on any atom is -0.392 e. The van der Waals surface area contributed by atoms with E-state index in [1.807, 2.05) is 7.05 Å². The van der Waals surface area contributed by atoms with Crippen molar-refractivity contribution in [1.29, 1.82) is 0 Å². The second kappa shape index (κ2) is 8.83. The molecule has 1 heterocycles. The number of benzene rings is 2. The molecule has 1 aliphatic heterocycles. The minimum absolute atomic E-state index is 0.103. The number of hydrogen-bond donors (Lipinski definition) is 2. The highest BCUT2D eigenvalue weighted by Crippen LogP contribution is 2.21. The van der Waals surface area contributed by atoms with Crippen LogP contribution in [0.4, 0.5) is 0 Å². The maximum Gasteiger partial charge on any atom is 0.251 e. The zero-order valence-electron chi connectivity index (χ0n) is 15.8. The van der Waals surface area contributed by atoms with Gasteiger partial charge in [-0.1, -0.05) is 30.3 Å². The van der Waals surface area contributed by atoms with E-state index in [2.05, 4.69) is 10.2 Å². The van der Waals surface area contributed by atoms with Gasteiger partial charge in [-0.3, -0.25) is 4.79 Å².